The number of halogens is 3. The van der Waals surface area contributed by atoms with Crippen LogP contribution in [-0.2, 0) is 4.74 Å². The summed E-state index contributed by atoms with van der Waals surface area (Å²) < 4.78 is 18.0. The van der Waals surface area contributed by atoms with Gasteiger partial charge in [-0.2, -0.15) is 0 Å². The van der Waals surface area contributed by atoms with E-state index in [4.69, 9.17) is 40.2 Å². The maximum absolute atomic E-state index is 13.0. The quantitative estimate of drug-likeness (QED) is 0.835. The third-order valence-corrected chi connectivity index (χ3v) is 2.86. The minimum absolute atomic E-state index is 0.0352. The van der Waals surface area contributed by atoms with E-state index in [1.54, 1.807) is 7.11 Å². The molecule has 0 spiro atoms. The Kier molecular flexibility index (Phi) is 6.08. The molecule has 1 atom stereocenters. The van der Waals surface area contributed by atoms with Crippen LogP contribution in [0.5, 0.6) is 0 Å². The van der Waals surface area contributed by atoms with Crippen molar-refractivity contribution in [1.82, 2.24) is 5.32 Å². The van der Waals surface area contributed by atoms with Crippen molar-refractivity contribution in [3.05, 3.63) is 28.0 Å². The smallest absolute Gasteiger partial charge is 0.171 e. The average Bonchev–Trinajstić information content (AvgIpc) is 2.23. The van der Waals surface area contributed by atoms with Crippen LogP contribution in [0.25, 0.3) is 0 Å². The van der Waals surface area contributed by atoms with E-state index in [1.807, 2.05) is 6.92 Å². The predicted octanol–water partition coefficient (Wildman–Crippen LogP) is 3.45. The third-order valence-electron chi connectivity index (χ3n) is 2.04. The number of methoxy groups -OCH3 is 1. The van der Waals surface area contributed by atoms with Crippen molar-refractivity contribution in [3.8, 4) is 0 Å². The van der Waals surface area contributed by atoms with Crippen molar-refractivity contribution in [2.45, 2.75) is 13.0 Å². The molecule has 0 saturated heterocycles. The lowest BCUT2D eigenvalue weighted by Crippen LogP contribution is -2.38. The molecule has 1 unspecified atom stereocenters. The Hall–Kier alpha value is -0.620. The number of ether oxygens (including phenoxy) is 1. The van der Waals surface area contributed by atoms with Crippen molar-refractivity contribution < 1.29 is 9.13 Å². The highest BCUT2D eigenvalue weighted by atomic mass is 35.5. The summed E-state index contributed by atoms with van der Waals surface area (Å²) in [5, 5.41) is 6.49. The zero-order valence-electron chi connectivity index (χ0n) is 9.89. The van der Waals surface area contributed by atoms with Crippen LogP contribution in [0.4, 0.5) is 10.1 Å². The zero-order valence-corrected chi connectivity index (χ0v) is 12.2. The molecule has 0 aliphatic heterocycles. The van der Waals surface area contributed by atoms with Gasteiger partial charge in [-0.15, -0.1) is 0 Å². The summed E-state index contributed by atoms with van der Waals surface area (Å²) >= 11 is 16.8. The van der Waals surface area contributed by atoms with E-state index in [2.05, 4.69) is 10.6 Å². The van der Waals surface area contributed by atoms with Crippen LogP contribution in [0.1, 0.15) is 6.92 Å². The third kappa shape index (κ3) is 4.57. The van der Waals surface area contributed by atoms with Gasteiger partial charge in [-0.1, -0.05) is 23.2 Å². The molecular formula is C11H13Cl2FN2OS. The summed E-state index contributed by atoms with van der Waals surface area (Å²) in [6.07, 6.45) is 0. The van der Waals surface area contributed by atoms with E-state index >= 15 is 0 Å². The number of thiocarbonyl (C=S) groups is 1. The summed E-state index contributed by atoms with van der Waals surface area (Å²) in [4.78, 5) is 0. The lowest BCUT2D eigenvalue weighted by Gasteiger charge is -2.17. The van der Waals surface area contributed by atoms with E-state index in [-0.39, 0.29) is 16.1 Å². The first kappa shape index (κ1) is 15.4. The molecule has 0 heterocycles. The molecule has 1 aromatic rings. The highest BCUT2D eigenvalue weighted by Crippen LogP contribution is 2.31. The van der Waals surface area contributed by atoms with Crippen molar-refractivity contribution in [2.24, 2.45) is 0 Å². The average molecular weight is 311 g/mol. The number of anilines is 1. The first-order chi connectivity index (χ1) is 8.43. The van der Waals surface area contributed by atoms with Gasteiger partial charge in [-0.05, 0) is 31.3 Å². The van der Waals surface area contributed by atoms with Gasteiger partial charge in [0.2, 0.25) is 0 Å². The lowest BCUT2D eigenvalue weighted by atomic mass is 10.3. The molecule has 7 heteroatoms. The van der Waals surface area contributed by atoms with Crippen LogP contribution in [0.3, 0.4) is 0 Å². The van der Waals surface area contributed by atoms with Gasteiger partial charge in [0.1, 0.15) is 5.82 Å². The fourth-order valence-corrected chi connectivity index (χ4v) is 2.18. The zero-order chi connectivity index (χ0) is 13.7. The highest BCUT2D eigenvalue weighted by Gasteiger charge is 2.11. The molecule has 100 valence electrons. The summed E-state index contributed by atoms with van der Waals surface area (Å²) in [5.41, 5.74) is 0.377. The number of rotatable bonds is 4. The predicted molar refractivity (Wildman–Crippen MR) is 77.1 cm³/mol. The summed E-state index contributed by atoms with van der Waals surface area (Å²) in [5.74, 6) is -0.498. The number of hydrogen-bond acceptors (Lipinski definition) is 2. The van der Waals surface area contributed by atoms with Gasteiger partial charge in [-0.3, -0.25) is 0 Å². The molecule has 0 bridgehead atoms. The Balaban J connectivity index is 2.70. The second kappa shape index (κ2) is 7.09. The van der Waals surface area contributed by atoms with Crippen molar-refractivity contribution in [2.75, 3.05) is 19.0 Å². The number of hydrogen-bond donors (Lipinski definition) is 2. The van der Waals surface area contributed by atoms with Gasteiger partial charge in [0.05, 0.1) is 22.3 Å². The van der Waals surface area contributed by atoms with Gasteiger partial charge in [0.15, 0.2) is 5.11 Å². The van der Waals surface area contributed by atoms with E-state index < -0.39 is 5.82 Å². The Morgan fingerprint density at radius 2 is 2.00 bits per heavy atom. The second-order valence-electron chi connectivity index (χ2n) is 3.70. The maximum Gasteiger partial charge on any atom is 0.171 e. The summed E-state index contributed by atoms with van der Waals surface area (Å²) in [6.45, 7) is 2.41. The Morgan fingerprint density at radius 3 is 2.50 bits per heavy atom. The van der Waals surface area contributed by atoms with Gasteiger partial charge in [-0.25, -0.2) is 4.39 Å². The molecule has 0 aliphatic rings. The van der Waals surface area contributed by atoms with Crippen LogP contribution < -0.4 is 10.6 Å². The SMILES string of the molecule is COCC(C)NC(=S)Nc1c(Cl)cc(F)cc1Cl. The van der Waals surface area contributed by atoms with Gasteiger partial charge in [0.25, 0.3) is 0 Å². The molecule has 0 saturated carbocycles. The fraction of sp³-hybridized carbons (Fsp3) is 0.364. The molecule has 0 fully saturated rings. The molecule has 0 radical (unpaired) electrons. The van der Waals surface area contributed by atoms with E-state index in [0.717, 1.165) is 12.1 Å². The Labute approximate surface area is 121 Å². The number of nitrogens with one attached hydrogen (secondary N) is 2. The van der Waals surface area contributed by atoms with Crippen LogP contribution in [0.2, 0.25) is 10.0 Å². The van der Waals surface area contributed by atoms with Crippen molar-refractivity contribution in [3.63, 3.8) is 0 Å². The molecule has 2 N–H and O–H groups in total. The summed E-state index contributed by atoms with van der Waals surface area (Å²) in [6, 6.07) is 2.36. The standard InChI is InChI=1S/C11H13Cl2FN2OS/c1-6(5-17-2)15-11(18)16-10-8(12)3-7(14)4-9(10)13/h3-4,6H,5H2,1-2H3,(H2,15,16,18). The van der Waals surface area contributed by atoms with E-state index in [9.17, 15) is 4.39 Å². The second-order valence-corrected chi connectivity index (χ2v) is 4.92. The minimum atomic E-state index is -0.498. The largest absolute Gasteiger partial charge is 0.383 e. The monoisotopic (exact) mass is 310 g/mol. The lowest BCUT2D eigenvalue weighted by molar-refractivity contribution is 0.179. The molecule has 3 nitrogen and oxygen atoms in total. The van der Waals surface area contributed by atoms with Crippen molar-refractivity contribution in [1.29, 1.82) is 0 Å². The van der Waals surface area contributed by atoms with Crippen LogP contribution in [0, 0.1) is 5.82 Å². The van der Waals surface area contributed by atoms with E-state index in [0.29, 0.717) is 17.4 Å². The van der Waals surface area contributed by atoms with E-state index in [1.165, 1.54) is 0 Å². The Morgan fingerprint density at radius 1 is 1.44 bits per heavy atom. The van der Waals surface area contributed by atoms with Gasteiger partial charge < -0.3 is 15.4 Å². The normalized spacial score (nSPS) is 12.1. The first-order valence-electron chi connectivity index (χ1n) is 5.15. The minimum Gasteiger partial charge on any atom is -0.383 e. The topological polar surface area (TPSA) is 33.3 Å². The van der Waals surface area contributed by atoms with Crippen LogP contribution >= 0.6 is 35.4 Å². The molecule has 1 aromatic carbocycles. The highest BCUT2D eigenvalue weighted by molar-refractivity contribution is 7.80. The fourth-order valence-electron chi connectivity index (χ4n) is 1.33. The first-order valence-corrected chi connectivity index (χ1v) is 6.31. The maximum atomic E-state index is 13.0. The molecular weight excluding hydrogens is 298 g/mol. The van der Waals surface area contributed by atoms with Crippen molar-refractivity contribution >= 4 is 46.2 Å². The molecule has 1 rings (SSSR count). The Bertz CT molecular complexity index is 422. The molecule has 0 amide bonds. The molecule has 0 aromatic heterocycles. The number of benzene rings is 1. The molecule has 0 aliphatic carbocycles. The van der Waals surface area contributed by atoms with Crippen LogP contribution in [-0.4, -0.2) is 24.9 Å². The van der Waals surface area contributed by atoms with Gasteiger partial charge in [0, 0.05) is 13.2 Å². The van der Waals surface area contributed by atoms with Crippen LogP contribution in [0.15, 0.2) is 12.1 Å². The van der Waals surface area contributed by atoms with Gasteiger partial charge >= 0.3 is 0 Å². The molecule has 18 heavy (non-hydrogen) atoms. The summed E-state index contributed by atoms with van der Waals surface area (Å²) in [7, 11) is 1.60.